The zero-order valence-corrected chi connectivity index (χ0v) is 22.0. The highest BCUT2D eigenvalue weighted by atomic mass is 16.5. The molecule has 4 amide bonds. The van der Waals surface area contributed by atoms with Gasteiger partial charge in [-0.1, -0.05) is 66.7 Å². The van der Waals surface area contributed by atoms with Crippen molar-refractivity contribution in [3.05, 3.63) is 120 Å². The Morgan fingerprint density at radius 1 is 1.00 bits per heavy atom. The highest BCUT2D eigenvalue weighted by Crippen LogP contribution is 2.40. The molecule has 3 aromatic rings. The first-order valence-electron chi connectivity index (χ1n) is 13.4. The van der Waals surface area contributed by atoms with E-state index in [2.05, 4.69) is 17.2 Å². The van der Waals surface area contributed by atoms with E-state index in [1.807, 2.05) is 84.9 Å². The van der Waals surface area contributed by atoms with Crippen molar-refractivity contribution in [3.63, 3.8) is 0 Å². The Kier molecular flexibility index (Phi) is 6.82. The number of carbonyl (C=O) groups excluding carboxylic acids is 3. The van der Waals surface area contributed by atoms with E-state index < -0.39 is 12.1 Å². The fourth-order valence-electron chi connectivity index (χ4n) is 5.29. The summed E-state index contributed by atoms with van der Waals surface area (Å²) < 4.78 is 6.03. The van der Waals surface area contributed by atoms with Gasteiger partial charge in [0.1, 0.15) is 17.5 Å². The Bertz CT molecular complexity index is 1480. The molecule has 2 heterocycles. The lowest BCUT2D eigenvalue weighted by molar-refractivity contribution is -0.136. The van der Waals surface area contributed by atoms with Crippen LogP contribution >= 0.6 is 0 Å². The summed E-state index contributed by atoms with van der Waals surface area (Å²) in [5, 5.41) is 6.08. The first-order valence-corrected chi connectivity index (χ1v) is 13.4. The predicted molar refractivity (Wildman–Crippen MR) is 150 cm³/mol. The number of rotatable bonds is 9. The fraction of sp³-hybridized carbons (Fsp3) is 0.219. The molecular formula is C32H30N4O4. The van der Waals surface area contributed by atoms with E-state index in [9.17, 15) is 14.4 Å². The third-order valence-electron chi connectivity index (χ3n) is 7.33. The molecule has 0 spiro atoms. The molecule has 8 heteroatoms. The summed E-state index contributed by atoms with van der Waals surface area (Å²) in [5.41, 5.74) is 2.45. The zero-order chi connectivity index (χ0) is 27.6. The van der Waals surface area contributed by atoms with Crippen LogP contribution in [-0.4, -0.2) is 46.8 Å². The van der Waals surface area contributed by atoms with Gasteiger partial charge in [-0.05, 0) is 48.2 Å². The van der Waals surface area contributed by atoms with Gasteiger partial charge in [0, 0.05) is 12.6 Å². The number of ether oxygens (including phenoxy) is 1. The Hall–Kier alpha value is -4.85. The predicted octanol–water partition coefficient (Wildman–Crippen LogP) is 4.85. The number of hydrogen-bond donors (Lipinski definition) is 2. The second kappa shape index (κ2) is 10.7. The van der Waals surface area contributed by atoms with Gasteiger partial charge >= 0.3 is 6.03 Å². The number of para-hydroxylation sites is 1. The van der Waals surface area contributed by atoms with Gasteiger partial charge in [-0.2, -0.15) is 0 Å². The minimum atomic E-state index is -0.825. The summed E-state index contributed by atoms with van der Waals surface area (Å²) in [6.07, 6.45) is 3.50. The third kappa shape index (κ3) is 4.96. The van der Waals surface area contributed by atoms with E-state index in [4.69, 9.17) is 4.74 Å². The lowest BCUT2D eigenvalue weighted by Crippen LogP contribution is -2.47. The van der Waals surface area contributed by atoms with Crippen molar-refractivity contribution in [1.29, 1.82) is 0 Å². The van der Waals surface area contributed by atoms with Gasteiger partial charge in [-0.15, -0.1) is 6.58 Å². The van der Waals surface area contributed by atoms with Gasteiger partial charge in [-0.3, -0.25) is 14.5 Å². The molecule has 2 N–H and O–H groups in total. The van der Waals surface area contributed by atoms with E-state index in [0.29, 0.717) is 28.3 Å². The molecule has 0 aromatic heterocycles. The molecular weight excluding hydrogens is 504 g/mol. The van der Waals surface area contributed by atoms with Gasteiger partial charge in [0.25, 0.3) is 5.91 Å². The summed E-state index contributed by atoms with van der Waals surface area (Å²) >= 11 is 0. The zero-order valence-electron chi connectivity index (χ0n) is 22.0. The molecule has 2 aliphatic heterocycles. The van der Waals surface area contributed by atoms with Crippen molar-refractivity contribution in [2.45, 2.75) is 31.0 Å². The van der Waals surface area contributed by atoms with E-state index in [0.717, 1.165) is 18.4 Å². The van der Waals surface area contributed by atoms with Crippen LogP contribution in [0.2, 0.25) is 0 Å². The van der Waals surface area contributed by atoms with Crippen molar-refractivity contribution in [1.82, 2.24) is 20.4 Å². The molecule has 0 bridgehead atoms. The molecule has 0 unspecified atom stereocenters. The van der Waals surface area contributed by atoms with Gasteiger partial charge in [0.2, 0.25) is 5.91 Å². The Morgan fingerprint density at radius 3 is 2.40 bits per heavy atom. The molecule has 3 aliphatic rings. The van der Waals surface area contributed by atoms with Crippen LogP contribution < -0.4 is 15.4 Å². The van der Waals surface area contributed by atoms with Crippen LogP contribution in [0.15, 0.2) is 109 Å². The number of amides is 4. The number of benzene rings is 3. The molecule has 6 rings (SSSR count). The van der Waals surface area contributed by atoms with Crippen LogP contribution in [0.25, 0.3) is 0 Å². The SMILES string of the molecule is C=CCN1C(=O)N[C@H](c2cccc(Oc3ccccc3)c2)C2=C1CN([C@@H](C(=O)NC1CC1)c1ccccc1)C2=O. The Balaban J connectivity index is 1.37. The molecule has 3 aromatic carbocycles. The standard InChI is InChI=1S/C32H30N4O4/c1-2-18-35-26-20-36(29(21-10-5-3-6-11-21)30(37)33-23-16-17-23)31(38)27(26)28(34-32(35)39)22-12-9-15-25(19-22)40-24-13-7-4-8-14-24/h2-15,19,23,28-29H,1,16-18,20H2,(H,33,37)(H,34,39)/t28-,29-/m1/s1. The van der Waals surface area contributed by atoms with Crippen molar-refractivity contribution in [2.24, 2.45) is 0 Å². The third-order valence-corrected chi connectivity index (χ3v) is 7.33. The maximum atomic E-state index is 14.2. The lowest BCUT2D eigenvalue weighted by atomic mass is 9.95. The molecule has 1 saturated carbocycles. The molecule has 0 radical (unpaired) electrons. The van der Waals surface area contributed by atoms with E-state index in [1.54, 1.807) is 11.0 Å². The van der Waals surface area contributed by atoms with Crippen molar-refractivity contribution < 1.29 is 19.1 Å². The van der Waals surface area contributed by atoms with E-state index in [-0.39, 0.29) is 37.0 Å². The largest absolute Gasteiger partial charge is 0.457 e. The molecule has 40 heavy (non-hydrogen) atoms. The van der Waals surface area contributed by atoms with Gasteiger partial charge < -0.3 is 20.3 Å². The van der Waals surface area contributed by atoms with Gasteiger partial charge in [0.05, 0.1) is 23.9 Å². The molecule has 1 aliphatic carbocycles. The normalized spacial score (nSPS) is 19.1. The minimum Gasteiger partial charge on any atom is -0.457 e. The smallest absolute Gasteiger partial charge is 0.322 e. The highest BCUT2D eigenvalue weighted by molar-refractivity contribution is 6.04. The van der Waals surface area contributed by atoms with Gasteiger partial charge in [0.15, 0.2) is 0 Å². The second-order valence-electron chi connectivity index (χ2n) is 10.2. The maximum Gasteiger partial charge on any atom is 0.322 e. The van der Waals surface area contributed by atoms with Crippen LogP contribution in [0.4, 0.5) is 4.79 Å². The van der Waals surface area contributed by atoms with Crippen molar-refractivity contribution in [3.8, 4) is 11.5 Å². The summed E-state index contributed by atoms with van der Waals surface area (Å²) in [7, 11) is 0. The van der Waals surface area contributed by atoms with Crippen molar-refractivity contribution >= 4 is 17.8 Å². The lowest BCUT2D eigenvalue weighted by Gasteiger charge is -2.33. The number of carbonyl (C=O) groups is 3. The average Bonchev–Trinajstić information content (AvgIpc) is 3.72. The quantitative estimate of drug-likeness (QED) is 0.384. The Labute approximate surface area is 232 Å². The van der Waals surface area contributed by atoms with E-state index in [1.165, 1.54) is 4.90 Å². The van der Waals surface area contributed by atoms with Gasteiger partial charge in [-0.25, -0.2) is 4.79 Å². The van der Waals surface area contributed by atoms with Crippen molar-refractivity contribution in [2.75, 3.05) is 13.1 Å². The number of hydrogen-bond acceptors (Lipinski definition) is 4. The summed E-state index contributed by atoms with van der Waals surface area (Å²) in [6, 6.07) is 24.4. The maximum absolute atomic E-state index is 14.2. The summed E-state index contributed by atoms with van der Waals surface area (Å²) in [5.74, 6) is 0.760. The number of urea groups is 1. The fourth-order valence-corrected chi connectivity index (χ4v) is 5.29. The topological polar surface area (TPSA) is 91.0 Å². The summed E-state index contributed by atoms with van der Waals surface area (Å²) in [4.78, 5) is 44.2. The number of nitrogens with one attached hydrogen (secondary N) is 2. The molecule has 0 saturated heterocycles. The molecule has 2 atom stereocenters. The molecule has 8 nitrogen and oxygen atoms in total. The molecule has 202 valence electrons. The summed E-state index contributed by atoms with van der Waals surface area (Å²) in [6.45, 7) is 4.16. The van der Waals surface area contributed by atoms with Crippen LogP contribution in [0.5, 0.6) is 11.5 Å². The number of nitrogens with zero attached hydrogens (tertiary/aromatic N) is 2. The van der Waals surface area contributed by atoms with E-state index >= 15 is 0 Å². The monoisotopic (exact) mass is 534 g/mol. The second-order valence-corrected chi connectivity index (χ2v) is 10.2. The molecule has 1 fully saturated rings. The first-order chi connectivity index (χ1) is 19.5. The van der Waals surface area contributed by atoms with Crippen LogP contribution in [0.3, 0.4) is 0 Å². The van der Waals surface area contributed by atoms with Crippen LogP contribution in [-0.2, 0) is 9.59 Å². The Morgan fingerprint density at radius 2 is 1.70 bits per heavy atom. The van der Waals surface area contributed by atoms with Crippen LogP contribution in [0.1, 0.15) is 36.1 Å². The highest BCUT2D eigenvalue weighted by Gasteiger charge is 2.47. The van der Waals surface area contributed by atoms with Crippen LogP contribution in [0, 0.1) is 0 Å². The average molecular weight is 535 g/mol. The first kappa shape index (κ1) is 25.4. The minimum absolute atomic E-state index is 0.129.